The molecule has 0 bridgehead atoms. The molecule has 0 fully saturated rings. The van der Waals surface area contributed by atoms with Gasteiger partial charge >= 0.3 is 0 Å². The van der Waals surface area contributed by atoms with Crippen LogP contribution in [-0.2, 0) is 25.8 Å². The van der Waals surface area contributed by atoms with Gasteiger partial charge in [-0.1, -0.05) is 0 Å². The maximum atomic E-state index is 5.47. The van der Waals surface area contributed by atoms with E-state index in [0.29, 0.717) is 13.6 Å². The van der Waals surface area contributed by atoms with Crippen LogP contribution >= 0.6 is 0 Å². The molecule has 0 atom stereocenters. The second-order valence-electron chi connectivity index (χ2n) is 9.96. The van der Waals surface area contributed by atoms with Crippen molar-refractivity contribution in [2.24, 2.45) is 0 Å². The van der Waals surface area contributed by atoms with Gasteiger partial charge in [-0.2, -0.15) is 0 Å². The first-order valence-corrected chi connectivity index (χ1v) is 12.4. The van der Waals surface area contributed by atoms with Crippen LogP contribution in [0, 0.1) is 0 Å². The van der Waals surface area contributed by atoms with E-state index in [-0.39, 0.29) is 0 Å². The lowest BCUT2D eigenvalue weighted by molar-refractivity contribution is 0.173. The van der Waals surface area contributed by atoms with E-state index in [1.807, 2.05) is 0 Å². The van der Waals surface area contributed by atoms with Gasteiger partial charge in [-0.3, -0.25) is 0 Å². The highest BCUT2D eigenvalue weighted by molar-refractivity contribution is 5.89. The molecule has 0 spiro atoms. The summed E-state index contributed by atoms with van der Waals surface area (Å²) in [7, 11) is 4.34. The zero-order valence-electron chi connectivity index (χ0n) is 20.2. The van der Waals surface area contributed by atoms with Gasteiger partial charge in [-0.15, -0.1) is 0 Å². The summed E-state index contributed by atoms with van der Waals surface area (Å²) in [5, 5.41) is 2.59. The van der Waals surface area contributed by atoms with Crippen LogP contribution in [0.5, 0.6) is 23.0 Å². The molecule has 8 rings (SSSR count). The van der Waals surface area contributed by atoms with Gasteiger partial charge in [0.15, 0.2) is 23.0 Å². The smallest absolute Gasteiger partial charge is 0.231 e. The van der Waals surface area contributed by atoms with E-state index in [9.17, 15) is 0 Å². The van der Waals surface area contributed by atoms with Crippen LogP contribution in [0.4, 0.5) is 0 Å². The summed E-state index contributed by atoms with van der Waals surface area (Å²) in [4.78, 5) is 11.8. The van der Waals surface area contributed by atoms with Crippen LogP contribution in [-0.4, -0.2) is 67.1 Å². The van der Waals surface area contributed by atoms with Crippen molar-refractivity contribution in [2.45, 2.75) is 25.8 Å². The molecule has 182 valence electrons. The average Bonchev–Trinajstić information content (AvgIpc) is 3.61. The molecule has 4 aliphatic heterocycles. The summed E-state index contributed by atoms with van der Waals surface area (Å²) >= 11 is 0. The van der Waals surface area contributed by atoms with Crippen LogP contribution in [0.3, 0.4) is 0 Å². The molecule has 0 saturated heterocycles. The molecule has 2 aromatic carbocycles. The summed E-state index contributed by atoms with van der Waals surface area (Å²) < 4.78 is 21.8. The van der Waals surface area contributed by atoms with Gasteiger partial charge in [0, 0.05) is 77.9 Å². The zero-order valence-corrected chi connectivity index (χ0v) is 20.2. The molecule has 0 radical (unpaired) electrons. The molecular formula is C27H30N4O4. The van der Waals surface area contributed by atoms with Crippen molar-refractivity contribution in [1.82, 2.24) is 19.8 Å². The molecule has 0 unspecified atom stereocenters. The molecule has 6 heterocycles. The summed E-state index contributed by atoms with van der Waals surface area (Å²) in [5.41, 5.74) is 7.93. The molecule has 2 N–H and O–H groups in total. The molecule has 0 amide bonds. The summed E-state index contributed by atoms with van der Waals surface area (Å²) in [5.74, 6) is 3.46. The number of fused-ring (bicyclic) bond motifs is 8. The van der Waals surface area contributed by atoms with Crippen molar-refractivity contribution in [2.75, 3.05) is 47.3 Å². The molecule has 0 saturated carbocycles. The predicted molar refractivity (Wildman–Crippen MR) is 134 cm³/mol. The van der Waals surface area contributed by atoms with Crippen molar-refractivity contribution in [3.05, 3.63) is 46.8 Å². The van der Waals surface area contributed by atoms with Crippen LogP contribution < -0.4 is 18.9 Å². The van der Waals surface area contributed by atoms with E-state index in [1.54, 1.807) is 0 Å². The number of benzene rings is 2. The lowest BCUT2D eigenvalue weighted by Crippen LogP contribution is -2.26. The summed E-state index contributed by atoms with van der Waals surface area (Å²) in [6.45, 7) is 5.03. The fourth-order valence-electron chi connectivity index (χ4n) is 5.68. The Balaban J connectivity index is 0.000000120. The number of rotatable bonds is 0. The third-order valence-corrected chi connectivity index (χ3v) is 7.63. The Morgan fingerprint density at radius 2 is 1.09 bits per heavy atom. The number of ether oxygens (including phenoxy) is 4. The molecule has 4 aromatic rings. The standard InChI is InChI=1S/C14H16N2O2.C13H14N2O2/c1-16-4-2-9-10-6-13-14(18-8-17-13)7-12(10)15-11(9)3-5-16;1-15-3-2-8-9-4-12-13(17-7-16-12)5-10(9)14-11(8)6-15/h6-7,15H,2-5,8H2,1H3;4-5,14H,2-3,6-7H2,1H3. The number of aromatic amines is 2. The number of aromatic nitrogens is 2. The zero-order chi connectivity index (χ0) is 23.5. The first kappa shape index (κ1) is 21.0. The van der Waals surface area contributed by atoms with Gasteiger partial charge in [-0.05, 0) is 50.2 Å². The van der Waals surface area contributed by atoms with E-state index in [0.717, 1.165) is 74.0 Å². The normalized spacial score (nSPS) is 18.8. The SMILES string of the molecule is CN1CCc2[nH]c3cc4c(cc3c2CC1)OCO4.CN1CCc2c([nH]c3cc4c(cc23)OCO4)C1. The highest BCUT2D eigenvalue weighted by Gasteiger charge is 2.23. The van der Waals surface area contributed by atoms with Crippen LogP contribution in [0.2, 0.25) is 0 Å². The fraction of sp³-hybridized carbons (Fsp3) is 0.407. The van der Waals surface area contributed by atoms with Crippen molar-refractivity contribution < 1.29 is 18.9 Å². The number of nitrogens with one attached hydrogen (secondary N) is 2. The van der Waals surface area contributed by atoms with Crippen LogP contribution in [0.25, 0.3) is 21.8 Å². The van der Waals surface area contributed by atoms with Crippen molar-refractivity contribution in [1.29, 1.82) is 0 Å². The number of H-pyrrole nitrogens is 2. The number of hydrogen-bond acceptors (Lipinski definition) is 6. The topological polar surface area (TPSA) is 75.0 Å². The van der Waals surface area contributed by atoms with Crippen molar-refractivity contribution in [3.63, 3.8) is 0 Å². The predicted octanol–water partition coefficient (Wildman–Crippen LogP) is 3.81. The van der Waals surface area contributed by atoms with Gasteiger partial charge in [0.2, 0.25) is 13.6 Å². The Morgan fingerprint density at radius 1 is 0.600 bits per heavy atom. The number of nitrogens with zero attached hydrogens (tertiary/aromatic N) is 2. The summed E-state index contributed by atoms with van der Waals surface area (Å²) in [6.07, 6.45) is 3.30. The lowest BCUT2D eigenvalue weighted by Gasteiger charge is -2.22. The lowest BCUT2D eigenvalue weighted by atomic mass is 10.0. The maximum Gasteiger partial charge on any atom is 0.231 e. The van der Waals surface area contributed by atoms with Crippen LogP contribution in [0.15, 0.2) is 24.3 Å². The second kappa shape index (κ2) is 8.10. The van der Waals surface area contributed by atoms with E-state index >= 15 is 0 Å². The molecular weight excluding hydrogens is 444 g/mol. The summed E-state index contributed by atoms with van der Waals surface area (Å²) in [6, 6.07) is 8.35. The first-order chi connectivity index (χ1) is 17.1. The molecule has 2 aromatic heterocycles. The maximum absolute atomic E-state index is 5.47. The Hall–Kier alpha value is -3.36. The quantitative estimate of drug-likeness (QED) is 0.404. The largest absolute Gasteiger partial charge is 0.454 e. The van der Waals surface area contributed by atoms with E-state index in [2.05, 4.69) is 58.1 Å². The minimum atomic E-state index is 0.340. The fourth-order valence-corrected chi connectivity index (χ4v) is 5.68. The molecule has 35 heavy (non-hydrogen) atoms. The minimum absolute atomic E-state index is 0.340. The average molecular weight is 475 g/mol. The van der Waals surface area contributed by atoms with Gasteiger partial charge in [0.05, 0.1) is 0 Å². The number of likely N-dealkylation sites (N-methyl/N-ethyl adjacent to an activating group) is 2. The van der Waals surface area contributed by atoms with E-state index < -0.39 is 0 Å². The van der Waals surface area contributed by atoms with Gasteiger partial charge < -0.3 is 38.7 Å². The minimum Gasteiger partial charge on any atom is -0.454 e. The van der Waals surface area contributed by atoms with Crippen LogP contribution in [0.1, 0.15) is 22.5 Å². The first-order valence-electron chi connectivity index (χ1n) is 12.4. The third-order valence-electron chi connectivity index (χ3n) is 7.63. The monoisotopic (exact) mass is 474 g/mol. The van der Waals surface area contributed by atoms with E-state index in [4.69, 9.17) is 18.9 Å². The Kier molecular flexibility index (Phi) is 4.85. The molecule has 8 nitrogen and oxygen atoms in total. The third kappa shape index (κ3) is 3.59. The van der Waals surface area contributed by atoms with Crippen molar-refractivity contribution in [3.8, 4) is 23.0 Å². The molecule has 4 aliphatic rings. The Morgan fingerprint density at radius 3 is 1.71 bits per heavy atom. The Labute approximate surface area is 203 Å². The number of hydrogen-bond donors (Lipinski definition) is 2. The molecule has 8 heteroatoms. The molecule has 0 aliphatic carbocycles. The van der Waals surface area contributed by atoms with Gasteiger partial charge in [0.25, 0.3) is 0 Å². The second-order valence-corrected chi connectivity index (χ2v) is 9.96. The van der Waals surface area contributed by atoms with E-state index in [1.165, 1.54) is 38.8 Å². The Bertz CT molecular complexity index is 1440. The highest BCUT2D eigenvalue weighted by Crippen LogP contribution is 2.40. The highest BCUT2D eigenvalue weighted by atomic mass is 16.7. The van der Waals surface area contributed by atoms with Crippen molar-refractivity contribution >= 4 is 21.8 Å². The van der Waals surface area contributed by atoms with Gasteiger partial charge in [-0.25, -0.2) is 0 Å². The van der Waals surface area contributed by atoms with Gasteiger partial charge in [0.1, 0.15) is 0 Å².